The summed E-state index contributed by atoms with van der Waals surface area (Å²) in [6.45, 7) is 2.11. The topological polar surface area (TPSA) is 66.8 Å². The Hall–Kier alpha value is -0.160. The highest BCUT2D eigenvalue weighted by molar-refractivity contribution is 4.94. The summed E-state index contributed by atoms with van der Waals surface area (Å²) >= 11 is 0. The Labute approximate surface area is 66.0 Å². The normalized spacial score (nSPS) is 34.9. The average Bonchev–Trinajstić information content (AvgIpc) is 1.95. The molecule has 0 aromatic heterocycles. The summed E-state index contributed by atoms with van der Waals surface area (Å²) in [6, 6.07) is -0.167. The summed E-state index contributed by atoms with van der Waals surface area (Å²) in [4.78, 5) is 0. The quantitative estimate of drug-likeness (QED) is 0.586. The van der Waals surface area contributed by atoms with Crippen LogP contribution in [0.2, 0.25) is 0 Å². The molecule has 4 nitrogen and oxygen atoms in total. The minimum absolute atomic E-state index is 0.0205. The van der Waals surface area contributed by atoms with Gasteiger partial charge in [0.2, 0.25) is 0 Å². The van der Waals surface area contributed by atoms with Gasteiger partial charge in [0.25, 0.3) is 0 Å². The van der Waals surface area contributed by atoms with Crippen molar-refractivity contribution in [3.8, 4) is 0 Å². The van der Waals surface area contributed by atoms with Gasteiger partial charge in [-0.15, -0.1) is 0 Å². The maximum atomic E-state index is 10.8. The van der Waals surface area contributed by atoms with E-state index in [1.54, 1.807) is 6.92 Å². The van der Waals surface area contributed by atoms with Gasteiger partial charge in [-0.1, -0.05) is 0 Å². The highest BCUT2D eigenvalue weighted by Crippen LogP contribution is 2.28. The minimum atomic E-state index is -0.434. The lowest BCUT2D eigenvalue weighted by atomic mass is 9.85. The van der Waals surface area contributed by atoms with Crippen molar-refractivity contribution in [2.24, 2.45) is 5.92 Å². The number of aliphatic hydroxyl groups excluding tert-OH is 2. The molecule has 1 rings (SSSR count). The van der Waals surface area contributed by atoms with Crippen molar-refractivity contribution in [3.05, 3.63) is 5.21 Å². The molecule has 1 saturated heterocycles. The Bertz CT molecular complexity index is 129. The molecule has 1 aliphatic heterocycles. The van der Waals surface area contributed by atoms with Crippen LogP contribution in [0.15, 0.2) is 0 Å². The molecule has 66 valence electrons. The van der Waals surface area contributed by atoms with Gasteiger partial charge in [-0.2, -0.15) is 0 Å². The first-order valence-corrected chi connectivity index (χ1v) is 3.89. The maximum absolute atomic E-state index is 10.8. The number of rotatable bonds is 3. The molecule has 1 heterocycles. The van der Waals surface area contributed by atoms with Crippen molar-refractivity contribution in [1.29, 1.82) is 0 Å². The molecular weight excluding hydrogens is 146 g/mol. The first-order valence-electron chi connectivity index (χ1n) is 3.89. The smallest absolute Gasteiger partial charge is 0.0566 e. The Kier molecular flexibility index (Phi) is 2.84. The standard InChI is InChI=1S/C7H14NO3/c1-5(10)6-4-8(11)7(6)2-3-9/h5-7,9-10H,2-4H2,1H3/q-1. The van der Waals surface area contributed by atoms with E-state index in [4.69, 9.17) is 10.2 Å². The molecule has 2 N–H and O–H groups in total. The second-order valence-electron chi connectivity index (χ2n) is 3.08. The third kappa shape index (κ3) is 1.70. The lowest BCUT2D eigenvalue weighted by Gasteiger charge is -2.54. The Morgan fingerprint density at radius 3 is 2.73 bits per heavy atom. The molecule has 0 aromatic carbocycles. The monoisotopic (exact) mass is 160 g/mol. The number of hydroxylamine groups is 2. The van der Waals surface area contributed by atoms with E-state index in [2.05, 4.69) is 0 Å². The van der Waals surface area contributed by atoms with Crippen LogP contribution in [0.3, 0.4) is 0 Å². The van der Waals surface area contributed by atoms with Gasteiger partial charge in [-0.3, -0.25) is 0 Å². The van der Waals surface area contributed by atoms with Gasteiger partial charge >= 0.3 is 0 Å². The largest absolute Gasteiger partial charge is 0.785 e. The van der Waals surface area contributed by atoms with Crippen LogP contribution in [-0.4, -0.2) is 40.6 Å². The summed E-state index contributed by atoms with van der Waals surface area (Å²) in [5, 5.41) is 29.5. The molecule has 0 saturated carbocycles. The van der Waals surface area contributed by atoms with Crippen LogP contribution in [0.4, 0.5) is 0 Å². The summed E-state index contributed by atoms with van der Waals surface area (Å²) < 4.78 is 0. The Balaban J connectivity index is 2.35. The highest BCUT2D eigenvalue weighted by atomic mass is 16.5. The molecular formula is C7H14NO3-. The molecule has 0 aliphatic carbocycles. The van der Waals surface area contributed by atoms with E-state index in [9.17, 15) is 5.21 Å². The second-order valence-corrected chi connectivity index (χ2v) is 3.08. The van der Waals surface area contributed by atoms with E-state index in [-0.39, 0.29) is 18.6 Å². The SMILES string of the molecule is CC(O)C1CN([O-])C1CCO. The van der Waals surface area contributed by atoms with Crippen molar-refractivity contribution in [2.45, 2.75) is 25.5 Å². The second kappa shape index (κ2) is 3.49. The van der Waals surface area contributed by atoms with Gasteiger partial charge in [0.15, 0.2) is 0 Å². The zero-order chi connectivity index (χ0) is 8.43. The van der Waals surface area contributed by atoms with Crippen LogP contribution in [0.5, 0.6) is 0 Å². The van der Waals surface area contributed by atoms with Crippen molar-refractivity contribution < 1.29 is 10.2 Å². The van der Waals surface area contributed by atoms with Gasteiger partial charge in [0.05, 0.1) is 6.10 Å². The molecule has 3 atom stereocenters. The van der Waals surface area contributed by atoms with Crippen LogP contribution in [0.1, 0.15) is 13.3 Å². The van der Waals surface area contributed by atoms with Crippen molar-refractivity contribution in [2.75, 3.05) is 13.2 Å². The molecule has 11 heavy (non-hydrogen) atoms. The van der Waals surface area contributed by atoms with E-state index in [0.717, 1.165) is 5.06 Å². The first kappa shape index (κ1) is 8.93. The average molecular weight is 160 g/mol. The third-order valence-corrected chi connectivity index (χ3v) is 2.30. The van der Waals surface area contributed by atoms with Gasteiger partial charge in [0.1, 0.15) is 0 Å². The van der Waals surface area contributed by atoms with Gasteiger partial charge < -0.3 is 20.5 Å². The van der Waals surface area contributed by atoms with E-state index in [1.807, 2.05) is 0 Å². The predicted molar refractivity (Wildman–Crippen MR) is 40.7 cm³/mol. The van der Waals surface area contributed by atoms with E-state index in [1.165, 1.54) is 0 Å². The first-order chi connectivity index (χ1) is 5.16. The fourth-order valence-electron chi connectivity index (χ4n) is 1.50. The van der Waals surface area contributed by atoms with Crippen molar-refractivity contribution >= 4 is 0 Å². The number of hydrogen-bond donors (Lipinski definition) is 2. The molecule has 0 bridgehead atoms. The number of aliphatic hydroxyl groups is 2. The summed E-state index contributed by atoms with van der Waals surface area (Å²) in [5.41, 5.74) is 0. The zero-order valence-electron chi connectivity index (χ0n) is 6.60. The van der Waals surface area contributed by atoms with E-state index < -0.39 is 6.10 Å². The third-order valence-electron chi connectivity index (χ3n) is 2.30. The summed E-state index contributed by atoms with van der Waals surface area (Å²) in [6.07, 6.45) is 0.0377. The molecule has 1 fully saturated rings. The Morgan fingerprint density at radius 1 is 1.73 bits per heavy atom. The van der Waals surface area contributed by atoms with Crippen LogP contribution < -0.4 is 0 Å². The van der Waals surface area contributed by atoms with E-state index >= 15 is 0 Å². The van der Waals surface area contributed by atoms with E-state index in [0.29, 0.717) is 13.0 Å². The zero-order valence-corrected chi connectivity index (χ0v) is 6.60. The van der Waals surface area contributed by atoms with Gasteiger partial charge in [0, 0.05) is 18.6 Å². The van der Waals surface area contributed by atoms with Gasteiger partial charge in [-0.25, -0.2) is 0 Å². The number of hydrogen-bond acceptors (Lipinski definition) is 4. The van der Waals surface area contributed by atoms with Gasteiger partial charge in [-0.05, 0) is 19.9 Å². The molecule has 0 aromatic rings. The summed E-state index contributed by atoms with van der Waals surface area (Å²) in [7, 11) is 0. The molecule has 1 aliphatic rings. The molecule has 4 heteroatoms. The van der Waals surface area contributed by atoms with Crippen LogP contribution >= 0.6 is 0 Å². The maximum Gasteiger partial charge on any atom is 0.0566 e. The fraction of sp³-hybridized carbons (Fsp3) is 1.00. The lowest BCUT2D eigenvalue weighted by Crippen LogP contribution is -2.57. The molecule has 0 radical (unpaired) electrons. The molecule has 0 amide bonds. The predicted octanol–water partition coefficient (Wildman–Crippen LogP) is -0.452. The summed E-state index contributed by atoms with van der Waals surface area (Å²) in [5.74, 6) is 0.0552. The molecule has 3 unspecified atom stereocenters. The Morgan fingerprint density at radius 2 is 2.36 bits per heavy atom. The van der Waals surface area contributed by atoms with Crippen molar-refractivity contribution in [1.82, 2.24) is 5.06 Å². The number of nitrogens with zero attached hydrogens (tertiary/aromatic N) is 1. The fourth-order valence-corrected chi connectivity index (χ4v) is 1.50. The highest BCUT2D eigenvalue weighted by Gasteiger charge is 2.35. The van der Waals surface area contributed by atoms with Crippen LogP contribution in [0, 0.1) is 11.1 Å². The van der Waals surface area contributed by atoms with Crippen LogP contribution in [-0.2, 0) is 0 Å². The minimum Gasteiger partial charge on any atom is -0.785 e. The molecule has 0 spiro atoms. The lowest BCUT2D eigenvalue weighted by molar-refractivity contribution is -0.0331. The van der Waals surface area contributed by atoms with Crippen molar-refractivity contribution in [3.63, 3.8) is 0 Å². The van der Waals surface area contributed by atoms with Crippen LogP contribution in [0.25, 0.3) is 0 Å².